The number of hydrogen-bond acceptors (Lipinski definition) is 7. The number of Topliss-reactive ketones (excluding diaryl/α,β-unsaturated/α-hetero) is 1. The zero-order valence-corrected chi connectivity index (χ0v) is 25.8. The monoisotopic (exact) mass is 558 g/mol. The van der Waals surface area contributed by atoms with E-state index in [1.807, 2.05) is 13.8 Å². The van der Waals surface area contributed by atoms with Crippen molar-refractivity contribution in [2.75, 3.05) is 0 Å². The molecule has 0 heterocycles. The first-order valence-electron chi connectivity index (χ1n) is 15.4. The van der Waals surface area contributed by atoms with E-state index in [9.17, 15) is 19.2 Å². The van der Waals surface area contributed by atoms with Crippen molar-refractivity contribution in [1.82, 2.24) is 0 Å². The summed E-state index contributed by atoms with van der Waals surface area (Å²) in [5.41, 5.74) is 0.916. The fraction of sp³-hybridized carbons (Fsp3) is 0.818. The van der Waals surface area contributed by atoms with Crippen molar-refractivity contribution in [3.8, 4) is 0 Å². The molecule has 0 saturated heterocycles. The van der Waals surface area contributed by atoms with E-state index in [0.29, 0.717) is 12.8 Å². The minimum Gasteiger partial charge on any atom is -0.462 e. The van der Waals surface area contributed by atoms with Crippen molar-refractivity contribution < 1.29 is 33.4 Å². The van der Waals surface area contributed by atoms with Crippen LogP contribution in [0.4, 0.5) is 0 Å². The fourth-order valence-electron chi connectivity index (χ4n) is 9.54. The summed E-state index contributed by atoms with van der Waals surface area (Å²) < 4.78 is 17.9. The second kappa shape index (κ2) is 11.6. The summed E-state index contributed by atoms with van der Waals surface area (Å²) in [7, 11) is 0. The van der Waals surface area contributed by atoms with E-state index in [1.165, 1.54) is 26.3 Å². The molecule has 7 nitrogen and oxygen atoms in total. The number of ketones is 1. The van der Waals surface area contributed by atoms with Gasteiger partial charge in [0, 0.05) is 51.4 Å². The van der Waals surface area contributed by atoms with Gasteiger partial charge in [-0.2, -0.15) is 0 Å². The van der Waals surface area contributed by atoms with Crippen LogP contribution < -0.4 is 0 Å². The molecule has 224 valence electrons. The molecule has 40 heavy (non-hydrogen) atoms. The molecule has 3 fully saturated rings. The van der Waals surface area contributed by atoms with Crippen LogP contribution in [-0.4, -0.2) is 42.0 Å². The summed E-state index contributed by atoms with van der Waals surface area (Å²) >= 11 is 0. The van der Waals surface area contributed by atoms with Crippen LogP contribution in [0.5, 0.6) is 0 Å². The summed E-state index contributed by atoms with van der Waals surface area (Å²) in [6.45, 7) is 15.2. The Bertz CT molecular complexity index is 1050. The van der Waals surface area contributed by atoms with Gasteiger partial charge < -0.3 is 14.2 Å². The molecule has 0 unspecified atom stereocenters. The van der Waals surface area contributed by atoms with Gasteiger partial charge in [-0.05, 0) is 67.1 Å². The zero-order chi connectivity index (χ0) is 29.6. The van der Waals surface area contributed by atoms with E-state index >= 15 is 0 Å². The molecular weight excluding hydrogens is 508 g/mol. The summed E-state index contributed by atoms with van der Waals surface area (Å²) in [5.74, 6) is 0.497. The second-order valence-corrected chi connectivity index (χ2v) is 14.1. The van der Waals surface area contributed by atoms with Gasteiger partial charge in [0.15, 0.2) is 0 Å². The minimum atomic E-state index is -0.263. The van der Waals surface area contributed by atoms with Crippen LogP contribution >= 0.6 is 0 Å². The Kier molecular flexibility index (Phi) is 8.92. The third kappa shape index (κ3) is 5.76. The molecule has 4 rings (SSSR count). The van der Waals surface area contributed by atoms with Crippen molar-refractivity contribution in [2.45, 2.75) is 125 Å². The third-order valence-electron chi connectivity index (χ3n) is 11.1. The first-order valence-corrected chi connectivity index (χ1v) is 15.4. The van der Waals surface area contributed by atoms with Gasteiger partial charge in [0.2, 0.25) is 0 Å². The molecule has 3 saturated carbocycles. The maximum Gasteiger partial charge on any atom is 0.302 e. The topological polar surface area (TPSA) is 96.0 Å². The van der Waals surface area contributed by atoms with Crippen LogP contribution in [0, 0.1) is 46.3 Å². The lowest BCUT2D eigenvalue weighted by Crippen LogP contribution is -2.59. The van der Waals surface area contributed by atoms with Gasteiger partial charge in [-0.1, -0.05) is 46.3 Å². The largest absolute Gasteiger partial charge is 0.462 e. The highest BCUT2D eigenvalue weighted by Gasteiger charge is 2.66. The molecule has 0 aromatic carbocycles. The maximum absolute atomic E-state index is 12.5. The van der Waals surface area contributed by atoms with Gasteiger partial charge in [-0.15, -0.1) is 0 Å². The number of rotatable bonds is 8. The normalized spacial score (nSPS) is 39.2. The summed E-state index contributed by atoms with van der Waals surface area (Å²) in [5, 5.41) is 0. The molecule has 0 bridgehead atoms. The molecule has 0 radical (unpaired) electrons. The quantitative estimate of drug-likeness (QED) is 0.198. The van der Waals surface area contributed by atoms with E-state index in [2.05, 4.69) is 26.8 Å². The van der Waals surface area contributed by atoms with Gasteiger partial charge >= 0.3 is 17.9 Å². The second-order valence-electron chi connectivity index (χ2n) is 14.1. The fourth-order valence-corrected chi connectivity index (χ4v) is 9.54. The molecule has 0 aromatic rings. The van der Waals surface area contributed by atoms with Crippen LogP contribution in [0.2, 0.25) is 0 Å². The van der Waals surface area contributed by atoms with E-state index in [0.717, 1.165) is 38.5 Å². The van der Waals surface area contributed by atoms with Crippen molar-refractivity contribution in [3.63, 3.8) is 0 Å². The van der Waals surface area contributed by atoms with Crippen LogP contribution in [0.3, 0.4) is 0 Å². The van der Waals surface area contributed by atoms with Crippen molar-refractivity contribution in [1.29, 1.82) is 0 Å². The number of carbonyl (C=O) groups is 4. The average molecular weight is 559 g/mol. The Morgan fingerprint density at radius 2 is 1.55 bits per heavy atom. The number of carbonyl (C=O) groups excluding carboxylic acids is 4. The Balaban J connectivity index is 1.71. The van der Waals surface area contributed by atoms with Crippen LogP contribution in [0.25, 0.3) is 0 Å². The molecule has 0 aliphatic heterocycles. The third-order valence-corrected chi connectivity index (χ3v) is 11.1. The number of fused-ring (bicyclic) bond motifs is 5. The number of hydrogen-bond donors (Lipinski definition) is 0. The molecule has 0 aromatic heterocycles. The lowest BCUT2D eigenvalue weighted by atomic mass is 9.45. The Morgan fingerprint density at radius 1 is 0.925 bits per heavy atom. The highest BCUT2D eigenvalue weighted by atomic mass is 16.6. The molecule has 4 aliphatic carbocycles. The van der Waals surface area contributed by atoms with Gasteiger partial charge in [0.25, 0.3) is 0 Å². The lowest BCUT2D eigenvalue weighted by molar-refractivity contribution is -0.184. The van der Waals surface area contributed by atoms with E-state index in [1.54, 1.807) is 0 Å². The molecular formula is C33H50O7. The van der Waals surface area contributed by atoms with E-state index in [-0.39, 0.29) is 88.3 Å². The Hall–Kier alpha value is -2.18. The predicted octanol–water partition coefficient (Wildman–Crippen LogP) is 6.22. The highest BCUT2D eigenvalue weighted by molar-refractivity contribution is 5.80. The average Bonchev–Trinajstić information content (AvgIpc) is 3.12. The van der Waals surface area contributed by atoms with Crippen molar-refractivity contribution in [2.24, 2.45) is 46.3 Å². The summed E-state index contributed by atoms with van der Waals surface area (Å²) in [6.07, 6.45) is 7.82. The first-order chi connectivity index (χ1) is 18.7. The van der Waals surface area contributed by atoms with Gasteiger partial charge in [0.1, 0.15) is 24.1 Å². The van der Waals surface area contributed by atoms with Crippen LogP contribution in [0.15, 0.2) is 11.6 Å². The van der Waals surface area contributed by atoms with Crippen molar-refractivity contribution >= 4 is 23.7 Å². The highest BCUT2D eigenvalue weighted by Crippen LogP contribution is 2.68. The van der Waals surface area contributed by atoms with Crippen molar-refractivity contribution in [3.05, 3.63) is 11.6 Å². The molecule has 4 aliphatic rings. The van der Waals surface area contributed by atoms with Gasteiger partial charge in [-0.25, -0.2) is 0 Å². The zero-order valence-electron chi connectivity index (χ0n) is 25.8. The van der Waals surface area contributed by atoms with Crippen LogP contribution in [-0.2, 0) is 33.4 Å². The smallest absolute Gasteiger partial charge is 0.302 e. The van der Waals surface area contributed by atoms with E-state index in [4.69, 9.17) is 14.2 Å². The number of esters is 3. The molecule has 0 N–H and O–H groups in total. The molecule has 7 heteroatoms. The predicted molar refractivity (Wildman–Crippen MR) is 151 cm³/mol. The first kappa shape index (κ1) is 30.8. The molecule has 0 spiro atoms. The number of ether oxygens (including phenoxy) is 3. The van der Waals surface area contributed by atoms with Gasteiger partial charge in [-0.3, -0.25) is 19.2 Å². The molecule has 0 amide bonds. The lowest BCUT2D eigenvalue weighted by Gasteiger charge is -2.60. The van der Waals surface area contributed by atoms with Gasteiger partial charge in [0.05, 0.1) is 0 Å². The summed E-state index contributed by atoms with van der Waals surface area (Å²) in [4.78, 5) is 49.0. The van der Waals surface area contributed by atoms with Crippen LogP contribution in [0.1, 0.15) is 107 Å². The summed E-state index contributed by atoms with van der Waals surface area (Å²) in [6, 6.07) is 0. The maximum atomic E-state index is 12.5. The SMILES string of the molecule is CC(=O)O[C@H]1CC[C@@]2(C)C(=CC[C@H]3[C@@H]4[C@H](OC(C)=O)C[C@H]([C@H](C)CCC(=O)C(C)C)[C@@]4(C)C[C@@H](OC(C)=O)[C@@H]32)C1. The minimum absolute atomic E-state index is 0.0246. The Morgan fingerprint density at radius 3 is 2.15 bits per heavy atom. The Labute approximate surface area is 240 Å². The van der Waals surface area contributed by atoms with E-state index < -0.39 is 0 Å². The number of allylic oxidation sites excluding steroid dienone is 1. The standard InChI is InChI=1S/C33H50O7/c1-18(2)27(37)12-9-19(3)26-16-28(39-21(5)35)30-25-11-10-23-15-24(38-20(4)34)13-14-32(23,7)31(25)29(40-22(6)36)17-33(26,30)8/h10,18-19,24-26,28-31H,9,11-17H2,1-8H3/t19-,24+,25+,26-,28-,29-,30-,31-,32+,33-/m1/s1. The molecule has 10 atom stereocenters.